The summed E-state index contributed by atoms with van der Waals surface area (Å²) in [5, 5.41) is 11.7. The van der Waals surface area contributed by atoms with Gasteiger partial charge in [0.05, 0.1) is 13.2 Å². The summed E-state index contributed by atoms with van der Waals surface area (Å²) >= 11 is 12.3. The van der Waals surface area contributed by atoms with Gasteiger partial charge < -0.3 is 9.84 Å². The molecule has 2 aromatic carbocycles. The molecule has 0 heterocycles. The van der Waals surface area contributed by atoms with Crippen LogP contribution in [0.15, 0.2) is 30.3 Å². The largest absolute Gasteiger partial charge is 0.496 e. The fraction of sp³-hybridized carbons (Fsp3) is 0.294. The monoisotopic (exact) mass is 324 g/mol. The molecule has 0 saturated heterocycles. The Morgan fingerprint density at radius 2 is 1.76 bits per heavy atom. The quantitative estimate of drug-likeness (QED) is 0.867. The summed E-state index contributed by atoms with van der Waals surface area (Å²) in [6.07, 6.45) is -0.378. The van der Waals surface area contributed by atoms with Gasteiger partial charge in [-0.05, 0) is 48.7 Å². The standard InChI is InChI=1S/C17H18Cl2O2/c1-10-7-11(2)17(16(8-10)21-3)15(20)9-12-13(18)5-4-6-14(12)19/h4-8,15,20H,9H2,1-3H3. The molecule has 2 aromatic rings. The third-order valence-corrected chi connectivity index (χ3v) is 4.21. The maximum Gasteiger partial charge on any atom is 0.125 e. The van der Waals surface area contributed by atoms with Crippen molar-refractivity contribution >= 4 is 23.2 Å². The van der Waals surface area contributed by atoms with Crippen molar-refractivity contribution in [1.82, 2.24) is 0 Å². The molecule has 0 saturated carbocycles. The van der Waals surface area contributed by atoms with E-state index in [1.54, 1.807) is 25.3 Å². The van der Waals surface area contributed by atoms with E-state index < -0.39 is 6.10 Å². The van der Waals surface area contributed by atoms with Gasteiger partial charge in [-0.3, -0.25) is 0 Å². The minimum Gasteiger partial charge on any atom is -0.496 e. The summed E-state index contributed by atoms with van der Waals surface area (Å²) in [5.74, 6) is 0.683. The van der Waals surface area contributed by atoms with Crippen molar-refractivity contribution in [2.75, 3.05) is 7.11 Å². The highest BCUT2D eigenvalue weighted by atomic mass is 35.5. The Morgan fingerprint density at radius 1 is 1.14 bits per heavy atom. The van der Waals surface area contributed by atoms with Crippen LogP contribution in [-0.4, -0.2) is 12.2 Å². The SMILES string of the molecule is COc1cc(C)cc(C)c1C(O)Cc1c(Cl)cccc1Cl. The molecule has 4 heteroatoms. The molecule has 0 amide bonds. The van der Waals surface area contributed by atoms with Crippen molar-refractivity contribution in [3.8, 4) is 5.75 Å². The van der Waals surface area contributed by atoms with Gasteiger partial charge in [0.15, 0.2) is 0 Å². The van der Waals surface area contributed by atoms with Gasteiger partial charge >= 0.3 is 0 Å². The van der Waals surface area contributed by atoms with Gasteiger partial charge in [-0.1, -0.05) is 35.3 Å². The number of aryl methyl sites for hydroxylation is 2. The van der Waals surface area contributed by atoms with E-state index in [-0.39, 0.29) is 0 Å². The molecule has 2 nitrogen and oxygen atoms in total. The van der Waals surface area contributed by atoms with Crippen LogP contribution in [0.2, 0.25) is 10.0 Å². The number of halogens is 2. The molecule has 0 aliphatic carbocycles. The number of ether oxygens (including phenoxy) is 1. The normalized spacial score (nSPS) is 12.3. The average molecular weight is 325 g/mol. The third kappa shape index (κ3) is 3.52. The summed E-state index contributed by atoms with van der Waals surface area (Å²) in [7, 11) is 1.60. The van der Waals surface area contributed by atoms with Crippen LogP contribution in [0.25, 0.3) is 0 Å². The molecule has 1 atom stereocenters. The second kappa shape index (κ2) is 6.69. The molecule has 1 N–H and O–H groups in total. The molecule has 112 valence electrons. The lowest BCUT2D eigenvalue weighted by atomic mass is 9.95. The molecule has 0 aliphatic rings. The molecule has 0 aliphatic heterocycles. The fourth-order valence-corrected chi connectivity index (χ4v) is 3.11. The molecule has 2 rings (SSSR count). The van der Waals surface area contributed by atoms with Crippen LogP contribution >= 0.6 is 23.2 Å². The van der Waals surface area contributed by atoms with E-state index in [0.717, 1.165) is 22.3 Å². The highest BCUT2D eigenvalue weighted by molar-refractivity contribution is 6.36. The number of rotatable bonds is 4. The number of aliphatic hydroxyl groups is 1. The zero-order chi connectivity index (χ0) is 15.6. The predicted molar refractivity (Wildman–Crippen MR) is 87.6 cm³/mol. The number of aliphatic hydroxyl groups excluding tert-OH is 1. The topological polar surface area (TPSA) is 29.5 Å². The Kier molecular flexibility index (Phi) is 5.15. The van der Waals surface area contributed by atoms with Crippen LogP contribution in [0.3, 0.4) is 0 Å². The Hall–Kier alpha value is -1.22. The summed E-state index contributed by atoms with van der Waals surface area (Å²) in [6.45, 7) is 3.96. The van der Waals surface area contributed by atoms with Crippen molar-refractivity contribution in [3.05, 3.63) is 62.6 Å². The molecule has 0 spiro atoms. The van der Waals surface area contributed by atoms with E-state index in [9.17, 15) is 5.11 Å². The minimum atomic E-state index is -0.724. The maximum absolute atomic E-state index is 10.6. The average Bonchev–Trinajstić information content (AvgIpc) is 2.41. The smallest absolute Gasteiger partial charge is 0.125 e. The number of benzene rings is 2. The van der Waals surface area contributed by atoms with Gasteiger partial charge in [-0.2, -0.15) is 0 Å². The van der Waals surface area contributed by atoms with Crippen LogP contribution in [0.4, 0.5) is 0 Å². The van der Waals surface area contributed by atoms with E-state index >= 15 is 0 Å². The summed E-state index contributed by atoms with van der Waals surface area (Å²) in [5.41, 5.74) is 3.60. The molecule has 21 heavy (non-hydrogen) atoms. The van der Waals surface area contributed by atoms with E-state index in [4.69, 9.17) is 27.9 Å². The minimum absolute atomic E-state index is 0.346. The number of hydrogen-bond acceptors (Lipinski definition) is 2. The van der Waals surface area contributed by atoms with E-state index in [0.29, 0.717) is 22.2 Å². The van der Waals surface area contributed by atoms with Gasteiger partial charge in [-0.15, -0.1) is 0 Å². The van der Waals surface area contributed by atoms with Crippen molar-refractivity contribution in [2.24, 2.45) is 0 Å². The van der Waals surface area contributed by atoms with Crippen LogP contribution in [0, 0.1) is 13.8 Å². The molecule has 0 bridgehead atoms. The molecular formula is C17H18Cl2O2. The van der Waals surface area contributed by atoms with Crippen molar-refractivity contribution in [2.45, 2.75) is 26.4 Å². The molecule has 1 unspecified atom stereocenters. The highest BCUT2D eigenvalue weighted by Gasteiger charge is 2.19. The maximum atomic E-state index is 10.6. The Morgan fingerprint density at radius 3 is 2.33 bits per heavy atom. The first-order valence-electron chi connectivity index (χ1n) is 6.70. The van der Waals surface area contributed by atoms with Crippen molar-refractivity contribution < 1.29 is 9.84 Å². The van der Waals surface area contributed by atoms with Crippen molar-refractivity contribution in [3.63, 3.8) is 0 Å². The van der Waals surface area contributed by atoms with Crippen LogP contribution in [0.1, 0.15) is 28.4 Å². The fourth-order valence-electron chi connectivity index (χ4n) is 2.56. The summed E-state index contributed by atoms with van der Waals surface area (Å²) in [6, 6.07) is 9.27. The number of methoxy groups -OCH3 is 1. The first kappa shape index (κ1) is 16.2. The molecule has 0 aromatic heterocycles. The molecule has 0 radical (unpaired) electrons. The van der Waals surface area contributed by atoms with Crippen LogP contribution < -0.4 is 4.74 Å². The zero-order valence-electron chi connectivity index (χ0n) is 12.3. The van der Waals surface area contributed by atoms with E-state index in [1.165, 1.54) is 0 Å². The second-order valence-corrected chi connectivity index (χ2v) is 5.93. The lowest BCUT2D eigenvalue weighted by Crippen LogP contribution is -2.07. The summed E-state index contributed by atoms with van der Waals surface area (Å²) in [4.78, 5) is 0. The first-order valence-corrected chi connectivity index (χ1v) is 7.45. The zero-order valence-corrected chi connectivity index (χ0v) is 13.8. The lowest BCUT2D eigenvalue weighted by Gasteiger charge is -2.19. The Bertz CT molecular complexity index is 633. The van der Waals surface area contributed by atoms with Gasteiger partial charge in [0.25, 0.3) is 0 Å². The van der Waals surface area contributed by atoms with Gasteiger partial charge in [0, 0.05) is 22.0 Å². The van der Waals surface area contributed by atoms with E-state index in [2.05, 4.69) is 0 Å². The van der Waals surface area contributed by atoms with Gasteiger partial charge in [0.1, 0.15) is 5.75 Å². The van der Waals surface area contributed by atoms with Gasteiger partial charge in [0.2, 0.25) is 0 Å². The Labute approximate surface area is 135 Å². The number of hydrogen-bond donors (Lipinski definition) is 1. The first-order chi connectivity index (χ1) is 9.93. The highest BCUT2D eigenvalue weighted by Crippen LogP contribution is 2.35. The summed E-state index contributed by atoms with van der Waals surface area (Å²) < 4.78 is 5.40. The second-order valence-electron chi connectivity index (χ2n) is 5.12. The Balaban J connectivity index is 2.39. The van der Waals surface area contributed by atoms with Crippen LogP contribution in [0.5, 0.6) is 5.75 Å². The van der Waals surface area contributed by atoms with Crippen LogP contribution in [-0.2, 0) is 6.42 Å². The lowest BCUT2D eigenvalue weighted by molar-refractivity contribution is 0.173. The molecular weight excluding hydrogens is 307 g/mol. The van der Waals surface area contributed by atoms with E-state index in [1.807, 2.05) is 26.0 Å². The van der Waals surface area contributed by atoms with Crippen molar-refractivity contribution in [1.29, 1.82) is 0 Å². The predicted octanol–water partition coefficient (Wildman–Crippen LogP) is 4.89. The van der Waals surface area contributed by atoms with Gasteiger partial charge in [-0.25, -0.2) is 0 Å². The molecule has 0 fully saturated rings. The third-order valence-electron chi connectivity index (χ3n) is 3.51.